The molecule has 0 amide bonds. The standard InChI is InChI=1S/C16H20O3/c1-10(2)13-9-14(11(3)4)16(19-8-6-17)12-5-7-18-15(12)13/h5-7,9-11H,8H2,1-4H3. The molecule has 0 unspecified atom stereocenters. The van der Waals surface area contributed by atoms with E-state index in [1.165, 1.54) is 5.56 Å². The van der Waals surface area contributed by atoms with Crippen LogP contribution >= 0.6 is 0 Å². The fraction of sp³-hybridized carbons (Fsp3) is 0.438. The molecule has 0 N–H and O–H groups in total. The van der Waals surface area contributed by atoms with Crippen molar-refractivity contribution in [3.63, 3.8) is 0 Å². The third kappa shape index (κ3) is 2.50. The first-order chi connectivity index (χ1) is 9.06. The Hall–Kier alpha value is -1.77. The normalized spacial score (nSPS) is 11.5. The SMILES string of the molecule is CC(C)c1cc(C(C)C)c2occc2c1OCC=O. The van der Waals surface area contributed by atoms with Crippen molar-refractivity contribution in [2.45, 2.75) is 39.5 Å². The molecule has 1 aromatic heterocycles. The van der Waals surface area contributed by atoms with E-state index in [9.17, 15) is 4.79 Å². The molecule has 3 nitrogen and oxygen atoms in total. The summed E-state index contributed by atoms with van der Waals surface area (Å²) in [6.45, 7) is 8.61. The molecular weight excluding hydrogens is 240 g/mol. The van der Waals surface area contributed by atoms with Crippen LogP contribution in [0.1, 0.15) is 50.7 Å². The van der Waals surface area contributed by atoms with Gasteiger partial charge in [-0.2, -0.15) is 0 Å². The van der Waals surface area contributed by atoms with Crippen molar-refractivity contribution in [3.05, 3.63) is 29.5 Å². The van der Waals surface area contributed by atoms with Crippen molar-refractivity contribution in [3.8, 4) is 5.75 Å². The second-order valence-corrected chi connectivity index (χ2v) is 5.33. The van der Waals surface area contributed by atoms with E-state index < -0.39 is 0 Å². The summed E-state index contributed by atoms with van der Waals surface area (Å²) in [5.74, 6) is 1.49. The summed E-state index contributed by atoms with van der Waals surface area (Å²) in [6.07, 6.45) is 2.45. The molecule has 0 aliphatic carbocycles. The average Bonchev–Trinajstić information content (AvgIpc) is 2.83. The van der Waals surface area contributed by atoms with Gasteiger partial charge >= 0.3 is 0 Å². The number of carbonyl (C=O) groups is 1. The number of furan rings is 1. The smallest absolute Gasteiger partial charge is 0.157 e. The van der Waals surface area contributed by atoms with Gasteiger partial charge in [-0.1, -0.05) is 27.7 Å². The zero-order chi connectivity index (χ0) is 14.0. The number of aldehydes is 1. The summed E-state index contributed by atoms with van der Waals surface area (Å²) in [6, 6.07) is 4.05. The molecule has 1 heterocycles. The van der Waals surface area contributed by atoms with Crippen LogP contribution in [0.25, 0.3) is 11.0 Å². The first kappa shape index (κ1) is 13.7. The lowest BCUT2D eigenvalue weighted by molar-refractivity contribution is -0.109. The minimum absolute atomic E-state index is 0.0705. The summed E-state index contributed by atoms with van der Waals surface area (Å²) in [5, 5.41) is 0.955. The van der Waals surface area contributed by atoms with Gasteiger partial charge in [0.1, 0.15) is 17.9 Å². The molecule has 0 spiro atoms. The molecule has 0 aliphatic rings. The van der Waals surface area contributed by atoms with Gasteiger partial charge in [-0.25, -0.2) is 0 Å². The summed E-state index contributed by atoms with van der Waals surface area (Å²) in [7, 11) is 0. The lowest BCUT2D eigenvalue weighted by atomic mass is 9.92. The number of rotatable bonds is 5. The highest BCUT2D eigenvalue weighted by atomic mass is 16.5. The highest BCUT2D eigenvalue weighted by molar-refractivity contribution is 5.89. The number of hydrogen-bond acceptors (Lipinski definition) is 3. The summed E-state index contributed by atoms with van der Waals surface area (Å²) < 4.78 is 11.2. The molecule has 1 aromatic carbocycles. The molecule has 0 saturated heterocycles. The van der Waals surface area contributed by atoms with E-state index in [0.29, 0.717) is 11.8 Å². The monoisotopic (exact) mass is 260 g/mol. The minimum Gasteiger partial charge on any atom is -0.485 e. The van der Waals surface area contributed by atoms with Crippen LogP contribution in [0.5, 0.6) is 5.75 Å². The Morgan fingerprint density at radius 1 is 1.21 bits per heavy atom. The molecule has 2 rings (SSSR count). The van der Waals surface area contributed by atoms with Gasteiger partial charge in [-0.15, -0.1) is 0 Å². The summed E-state index contributed by atoms with van der Waals surface area (Å²) >= 11 is 0. The third-order valence-electron chi connectivity index (χ3n) is 3.28. The Morgan fingerprint density at radius 3 is 2.47 bits per heavy atom. The van der Waals surface area contributed by atoms with E-state index >= 15 is 0 Å². The highest BCUT2D eigenvalue weighted by Crippen LogP contribution is 2.39. The lowest BCUT2D eigenvalue weighted by Gasteiger charge is -2.17. The van der Waals surface area contributed by atoms with Gasteiger partial charge < -0.3 is 9.15 Å². The molecule has 0 aliphatic heterocycles. The first-order valence-electron chi connectivity index (χ1n) is 6.66. The predicted molar refractivity (Wildman–Crippen MR) is 76.0 cm³/mol. The molecule has 19 heavy (non-hydrogen) atoms. The van der Waals surface area contributed by atoms with Crippen LogP contribution in [0.4, 0.5) is 0 Å². The number of hydrogen-bond donors (Lipinski definition) is 0. The van der Waals surface area contributed by atoms with Gasteiger partial charge in [-0.05, 0) is 35.1 Å². The molecule has 3 heteroatoms. The fourth-order valence-electron chi connectivity index (χ4n) is 2.30. The van der Waals surface area contributed by atoms with Crippen LogP contribution in [-0.2, 0) is 4.79 Å². The summed E-state index contributed by atoms with van der Waals surface area (Å²) in [4.78, 5) is 10.6. The van der Waals surface area contributed by atoms with E-state index in [-0.39, 0.29) is 6.61 Å². The Bertz CT molecular complexity index is 579. The number of fused-ring (bicyclic) bond motifs is 1. The first-order valence-corrected chi connectivity index (χ1v) is 6.66. The molecule has 0 radical (unpaired) electrons. The molecule has 0 atom stereocenters. The van der Waals surface area contributed by atoms with Crippen molar-refractivity contribution in [2.75, 3.05) is 6.61 Å². The predicted octanol–water partition coefficient (Wildman–Crippen LogP) is 4.26. The molecule has 102 valence electrons. The second kappa shape index (κ2) is 5.47. The van der Waals surface area contributed by atoms with Gasteiger partial charge in [0.2, 0.25) is 0 Å². The highest BCUT2D eigenvalue weighted by Gasteiger charge is 2.19. The number of ether oxygens (including phenoxy) is 1. The molecule has 0 saturated carbocycles. The molecular formula is C16H20O3. The quantitative estimate of drug-likeness (QED) is 0.754. The Balaban J connectivity index is 2.69. The van der Waals surface area contributed by atoms with Crippen molar-refractivity contribution in [1.29, 1.82) is 0 Å². The van der Waals surface area contributed by atoms with Gasteiger partial charge in [0.15, 0.2) is 6.29 Å². The van der Waals surface area contributed by atoms with Crippen LogP contribution in [0.15, 0.2) is 22.8 Å². The van der Waals surface area contributed by atoms with Gasteiger partial charge in [0.05, 0.1) is 11.6 Å². The van der Waals surface area contributed by atoms with Crippen molar-refractivity contribution in [1.82, 2.24) is 0 Å². The lowest BCUT2D eigenvalue weighted by Crippen LogP contribution is -2.04. The van der Waals surface area contributed by atoms with Gasteiger partial charge in [0, 0.05) is 0 Å². The van der Waals surface area contributed by atoms with E-state index in [2.05, 4.69) is 33.8 Å². The second-order valence-electron chi connectivity index (χ2n) is 5.33. The van der Waals surface area contributed by atoms with E-state index in [1.807, 2.05) is 6.07 Å². The van der Waals surface area contributed by atoms with Crippen molar-refractivity contribution in [2.24, 2.45) is 0 Å². The Labute approximate surface area is 113 Å². The van der Waals surface area contributed by atoms with E-state index in [1.54, 1.807) is 6.26 Å². The molecule has 0 fully saturated rings. The number of benzene rings is 1. The zero-order valence-corrected chi connectivity index (χ0v) is 11.9. The van der Waals surface area contributed by atoms with Crippen LogP contribution in [0.3, 0.4) is 0 Å². The molecule has 0 bridgehead atoms. The maximum atomic E-state index is 10.6. The summed E-state index contributed by atoms with van der Waals surface area (Å²) in [5.41, 5.74) is 3.17. The van der Waals surface area contributed by atoms with Crippen LogP contribution in [-0.4, -0.2) is 12.9 Å². The van der Waals surface area contributed by atoms with Crippen molar-refractivity contribution < 1.29 is 13.9 Å². The van der Waals surface area contributed by atoms with Crippen LogP contribution < -0.4 is 4.74 Å². The van der Waals surface area contributed by atoms with E-state index in [4.69, 9.17) is 9.15 Å². The van der Waals surface area contributed by atoms with Crippen LogP contribution in [0.2, 0.25) is 0 Å². The Morgan fingerprint density at radius 2 is 1.89 bits per heavy atom. The average molecular weight is 260 g/mol. The van der Waals surface area contributed by atoms with Crippen molar-refractivity contribution >= 4 is 17.3 Å². The maximum Gasteiger partial charge on any atom is 0.157 e. The minimum atomic E-state index is 0.0705. The van der Waals surface area contributed by atoms with Gasteiger partial charge in [-0.3, -0.25) is 4.79 Å². The molecule has 2 aromatic rings. The largest absolute Gasteiger partial charge is 0.485 e. The Kier molecular flexibility index (Phi) is 3.93. The number of carbonyl (C=O) groups excluding carboxylic acids is 1. The third-order valence-corrected chi connectivity index (χ3v) is 3.28. The van der Waals surface area contributed by atoms with Crippen LogP contribution in [0, 0.1) is 0 Å². The zero-order valence-electron chi connectivity index (χ0n) is 11.9. The van der Waals surface area contributed by atoms with E-state index in [0.717, 1.165) is 28.6 Å². The maximum absolute atomic E-state index is 10.6. The topological polar surface area (TPSA) is 39.4 Å². The van der Waals surface area contributed by atoms with Gasteiger partial charge in [0.25, 0.3) is 0 Å². The fourth-order valence-corrected chi connectivity index (χ4v) is 2.30.